The van der Waals surface area contributed by atoms with E-state index in [2.05, 4.69) is 37.5 Å². The fraction of sp³-hybridized carbons (Fsp3) is 0.933. The average Bonchev–Trinajstić information content (AvgIpc) is 2.42. The van der Waals surface area contributed by atoms with E-state index in [9.17, 15) is 0 Å². The summed E-state index contributed by atoms with van der Waals surface area (Å²) in [5, 5.41) is 0. The van der Waals surface area contributed by atoms with Crippen LogP contribution in [0.3, 0.4) is 0 Å². The highest BCUT2D eigenvalue weighted by atomic mass is 15.4. The summed E-state index contributed by atoms with van der Waals surface area (Å²) >= 11 is 0. The minimum atomic E-state index is 0.717. The molecule has 1 aliphatic rings. The summed E-state index contributed by atoms with van der Waals surface area (Å²) in [6.45, 7) is 12.9. The molecule has 106 valence electrons. The predicted octanol–water partition coefficient (Wildman–Crippen LogP) is 3.36. The summed E-state index contributed by atoms with van der Waals surface area (Å²) in [4.78, 5) is 9.74. The van der Waals surface area contributed by atoms with Crippen molar-refractivity contribution in [2.24, 2.45) is 4.99 Å². The molecule has 1 fully saturated rings. The molecule has 0 spiro atoms. The van der Waals surface area contributed by atoms with E-state index >= 15 is 0 Å². The molecule has 0 atom stereocenters. The predicted molar refractivity (Wildman–Crippen MR) is 80.2 cm³/mol. The van der Waals surface area contributed by atoms with Crippen molar-refractivity contribution >= 4 is 5.96 Å². The zero-order valence-electron chi connectivity index (χ0n) is 12.8. The lowest BCUT2D eigenvalue weighted by atomic mass is 9.94. The van der Waals surface area contributed by atoms with Crippen molar-refractivity contribution in [2.75, 3.05) is 26.2 Å². The van der Waals surface area contributed by atoms with Gasteiger partial charge in [0, 0.05) is 32.2 Å². The third-order valence-corrected chi connectivity index (χ3v) is 3.96. The van der Waals surface area contributed by atoms with Gasteiger partial charge >= 0.3 is 0 Å². The minimum absolute atomic E-state index is 0.717. The Kier molecular flexibility index (Phi) is 7.14. The molecule has 0 amide bonds. The molecule has 0 unspecified atom stereocenters. The summed E-state index contributed by atoms with van der Waals surface area (Å²) in [5.41, 5.74) is 0. The van der Waals surface area contributed by atoms with Gasteiger partial charge in [-0.25, -0.2) is 0 Å². The van der Waals surface area contributed by atoms with Crippen LogP contribution >= 0.6 is 0 Å². The van der Waals surface area contributed by atoms with Crippen LogP contribution in [0.4, 0.5) is 0 Å². The lowest BCUT2D eigenvalue weighted by Gasteiger charge is -2.39. The molecule has 0 aromatic heterocycles. The molecular formula is C15H31N3. The Hall–Kier alpha value is -0.730. The molecule has 1 rings (SSSR count). The highest BCUT2D eigenvalue weighted by Crippen LogP contribution is 2.23. The first-order chi connectivity index (χ1) is 8.78. The van der Waals surface area contributed by atoms with Gasteiger partial charge in [0.1, 0.15) is 0 Å². The van der Waals surface area contributed by atoms with Gasteiger partial charge in [-0.05, 0) is 40.5 Å². The van der Waals surface area contributed by atoms with Gasteiger partial charge < -0.3 is 9.80 Å². The van der Waals surface area contributed by atoms with Crippen LogP contribution < -0.4 is 0 Å². The molecule has 18 heavy (non-hydrogen) atoms. The molecule has 0 saturated heterocycles. The van der Waals surface area contributed by atoms with E-state index in [1.807, 2.05) is 0 Å². The number of aliphatic imine (C=N–C) groups is 1. The number of guanidine groups is 1. The van der Waals surface area contributed by atoms with Crippen LogP contribution in [0.25, 0.3) is 0 Å². The SMILES string of the molecule is CCN=C(N(CC)CC)N(CC)C1CCCCC1. The third-order valence-electron chi connectivity index (χ3n) is 3.96. The van der Waals surface area contributed by atoms with Crippen molar-refractivity contribution in [3.05, 3.63) is 0 Å². The van der Waals surface area contributed by atoms with Crippen molar-refractivity contribution < 1.29 is 0 Å². The van der Waals surface area contributed by atoms with Crippen molar-refractivity contribution in [1.82, 2.24) is 9.80 Å². The van der Waals surface area contributed by atoms with E-state index in [1.54, 1.807) is 0 Å². The van der Waals surface area contributed by atoms with Gasteiger partial charge in [0.15, 0.2) is 5.96 Å². The van der Waals surface area contributed by atoms with E-state index < -0.39 is 0 Å². The normalized spacial score (nSPS) is 17.9. The second-order valence-electron chi connectivity index (χ2n) is 5.02. The van der Waals surface area contributed by atoms with E-state index in [-0.39, 0.29) is 0 Å². The van der Waals surface area contributed by atoms with Crippen LogP contribution in [0, 0.1) is 0 Å². The molecule has 0 aromatic carbocycles. The summed E-state index contributed by atoms with van der Waals surface area (Å²) in [7, 11) is 0. The van der Waals surface area contributed by atoms with Gasteiger partial charge in [-0.15, -0.1) is 0 Å². The van der Waals surface area contributed by atoms with Crippen molar-refractivity contribution in [1.29, 1.82) is 0 Å². The van der Waals surface area contributed by atoms with Crippen LogP contribution in [0.2, 0.25) is 0 Å². The standard InChI is InChI=1S/C15H31N3/c1-5-16-15(17(6-2)7-3)18(8-4)14-12-10-9-11-13-14/h14H,5-13H2,1-4H3. The summed E-state index contributed by atoms with van der Waals surface area (Å²) < 4.78 is 0. The van der Waals surface area contributed by atoms with Gasteiger partial charge in [-0.2, -0.15) is 0 Å². The molecule has 3 heteroatoms. The first-order valence-electron chi connectivity index (χ1n) is 7.84. The topological polar surface area (TPSA) is 18.8 Å². The second kappa shape index (κ2) is 8.39. The smallest absolute Gasteiger partial charge is 0.196 e. The van der Waals surface area contributed by atoms with E-state index in [0.29, 0.717) is 0 Å². The lowest BCUT2D eigenvalue weighted by molar-refractivity contribution is 0.221. The van der Waals surface area contributed by atoms with Crippen LogP contribution in [0.15, 0.2) is 4.99 Å². The maximum Gasteiger partial charge on any atom is 0.196 e. The van der Waals surface area contributed by atoms with E-state index in [0.717, 1.165) is 32.2 Å². The Balaban J connectivity index is 2.82. The van der Waals surface area contributed by atoms with E-state index in [1.165, 1.54) is 38.1 Å². The maximum atomic E-state index is 4.78. The van der Waals surface area contributed by atoms with Crippen molar-refractivity contribution in [2.45, 2.75) is 65.8 Å². The van der Waals surface area contributed by atoms with Gasteiger partial charge in [-0.1, -0.05) is 19.3 Å². The number of hydrogen-bond donors (Lipinski definition) is 0. The Morgan fingerprint density at radius 3 is 2.00 bits per heavy atom. The highest BCUT2D eigenvalue weighted by Gasteiger charge is 2.24. The second-order valence-corrected chi connectivity index (χ2v) is 5.02. The molecule has 1 saturated carbocycles. The van der Waals surface area contributed by atoms with Gasteiger partial charge in [0.05, 0.1) is 0 Å². The van der Waals surface area contributed by atoms with Crippen molar-refractivity contribution in [3.63, 3.8) is 0 Å². The third kappa shape index (κ3) is 3.89. The number of hydrogen-bond acceptors (Lipinski definition) is 1. The lowest BCUT2D eigenvalue weighted by Crippen LogP contribution is -2.49. The molecule has 3 nitrogen and oxygen atoms in total. The average molecular weight is 253 g/mol. The van der Waals surface area contributed by atoms with Crippen LogP contribution in [-0.2, 0) is 0 Å². The highest BCUT2D eigenvalue weighted by molar-refractivity contribution is 5.80. The Morgan fingerprint density at radius 1 is 0.944 bits per heavy atom. The first-order valence-corrected chi connectivity index (χ1v) is 7.84. The summed E-state index contributed by atoms with van der Waals surface area (Å²) in [6.07, 6.45) is 6.88. The molecule has 0 aliphatic heterocycles. The zero-order chi connectivity index (χ0) is 13.4. The molecule has 0 aromatic rings. The van der Waals surface area contributed by atoms with Gasteiger partial charge in [0.2, 0.25) is 0 Å². The summed E-state index contributed by atoms with van der Waals surface area (Å²) in [6, 6.07) is 0.717. The fourth-order valence-corrected chi connectivity index (χ4v) is 2.98. The monoisotopic (exact) mass is 253 g/mol. The maximum absolute atomic E-state index is 4.78. The molecule has 1 aliphatic carbocycles. The Bertz CT molecular complexity index is 240. The number of rotatable bonds is 5. The quantitative estimate of drug-likeness (QED) is 0.552. The molecule has 0 heterocycles. The van der Waals surface area contributed by atoms with Crippen LogP contribution in [0.1, 0.15) is 59.8 Å². The largest absolute Gasteiger partial charge is 0.343 e. The molecule has 0 bridgehead atoms. The van der Waals surface area contributed by atoms with Crippen LogP contribution in [-0.4, -0.2) is 48.0 Å². The Labute approximate surface area is 113 Å². The number of nitrogens with zero attached hydrogens (tertiary/aromatic N) is 3. The van der Waals surface area contributed by atoms with Crippen molar-refractivity contribution in [3.8, 4) is 0 Å². The van der Waals surface area contributed by atoms with Gasteiger partial charge in [0.25, 0.3) is 0 Å². The molecular weight excluding hydrogens is 222 g/mol. The Morgan fingerprint density at radius 2 is 1.56 bits per heavy atom. The van der Waals surface area contributed by atoms with Gasteiger partial charge in [-0.3, -0.25) is 4.99 Å². The molecule has 0 N–H and O–H groups in total. The fourth-order valence-electron chi connectivity index (χ4n) is 2.98. The van der Waals surface area contributed by atoms with E-state index in [4.69, 9.17) is 4.99 Å². The zero-order valence-corrected chi connectivity index (χ0v) is 12.8. The molecule has 0 radical (unpaired) electrons. The first kappa shape index (κ1) is 15.3. The summed E-state index contributed by atoms with van der Waals surface area (Å²) in [5.74, 6) is 1.23. The van der Waals surface area contributed by atoms with Crippen LogP contribution in [0.5, 0.6) is 0 Å². The minimum Gasteiger partial charge on any atom is -0.343 e.